The Kier molecular flexibility index (Phi) is 5.35. The Labute approximate surface area is 122 Å². The van der Waals surface area contributed by atoms with E-state index in [-0.39, 0.29) is 5.60 Å². The molecule has 0 bridgehead atoms. The number of nitrogens with one attached hydrogen (secondary N) is 1. The minimum absolute atomic E-state index is 0.247. The minimum Gasteiger partial charge on any atom is -0.370 e. The Morgan fingerprint density at radius 1 is 1.20 bits per heavy atom. The highest BCUT2D eigenvalue weighted by Crippen LogP contribution is 2.40. The molecular weight excluding hydrogens is 250 g/mol. The van der Waals surface area contributed by atoms with Gasteiger partial charge in [-0.1, -0.05) is 13.8 Å². The molecule has 0 aromatic carbocycles. The summed E-state index contributed by atoms with van der Waals surface area (Å²) in [7, 11) is 0. The lowest BCUT2D eigenvalue weighted by molar-refractivity contribution is -0.0457. The fraction of sp³-hybridized carbons (Fsp3) is 0.750. The predicted molar refractivity (Wildman–Crippen MR) is 82.0 cm³/mol. The van der Waals surface area contributed by atoms with Crippen molar-refractivity contribution >= 4 is 5.82 Å². The van der Waals surface area contributed by atoms with Crippen LogP contribution in [0.5, 0.6) is 0 Å². The van der Waals surface area contributed by atoms with Gasteiger partial charge in [0.05, 0.1) is 0 Å². The van der Waals surface area contributed by atoms with Crippen LogP contribution in [0.2, 0.25) is 0 Å². The van der Waals surface area contributed by atoms with E-state index in [9.17, 15) is 0 Å². The molecule has 0 spiro atoms. The number of nitrogens with zero attached hydrogens (tertiary/aromatic N) is 2. The number of aromatic nitrogens is 2. The van der Waals surface area contributed by atoms with Crippen molar-refractivity contribution in [3.8, 4) is 0 Å². The largest absolute Gasteiger partial charge is 0.370 e. The van der Waals surface area contributed by atoms with Gasteiger partial charge in [-0.25, -0.2) is 9.97 Å². The molecule has 2 rings (SSSR count). The number of hydrogen-bond acceptors (Lipinski definition) is 4. The standard InChI is InChI=1S/C16H27N3O/c1-4-11-17-14-12-13(5-2)18-15(19-14)16(20-6-3)9-7-8-10-16/h12H,4-11H2,1-3H3,(H,17,18,19). The highest BCUT2D eigenvalue weighted by atomic mass is 16.5. The minimum atomic E-state index is -0.247. The van der Waals surface area contributed by atoms with Crippen LogP contribution in [0.3, 0.4) is 0 Å². The summed E-state index contributed by atoms with van der Waals surface area (Å²) in [6, 6.07) is 2.06. The fourth-order valence-corrected chi connectivity index (χ4v) is 2.88. The lowest BCUT2D eigenvalue weighted by Crippen LogP contribution is -2.29. The van der Waals surface area contributed by atoms with Gasteiger partial charge in [-0.2, -0.15) is 0 Å². The maximum atomic E-state index is 6.08. The third-order valence-corrected chi connectivity index (χ3v) is 3.94. The molecule has 1 aromatic rings. The zero-order valence-electron chi connectivity index (χ0n) is 13.0. The molecule has 112 valence electrons. The molecule has 0 amide bonds. The average molecular weight is 277 g/mol. The summed E-state index contributed by atoms with van der Waals surface area (Å²) in [6.07, 6.45) is 6.52. The first kappa shape index (κ1) is 15.2. The summed E-state index contributed by atoms with van der Waals surface area (Å²) in [5.41, 5.74) is 0.849. The molecule has 0 unspecified atom stereocenters. The van der Waals surface area contributed by atoms with Crippen molar-refractivity contribution in [3.63, 3.8) is 0 Å². The van der Waals surface area contributed by atoms with Crippen molar-refractivity contribution in [1.82, 2.24) is 9.97 Å². The molecule has 1 N–H and O–H groups in total. The van der Waals surface area contributed by atoms with Crippen molar-refractivity contribution in [2.24, 2.45) is 0 Å². The third-order valence-electron chi connectivity index (χ3n) is 3.94. The van der Waals surface area contributed by atoms with Gasteiger partial charge in [0.2, 0.25) is 0 Å². The van der Waals surface area contributed by atoms with E-state index in [1.54, 1.807) is 0 Å². The van der Waals surface area contributed by atoms with Gasteiger partial charge in [-0.05, 0) is 45.4 Å². The van der Waals surface area contributed by atoms with Crippen LogP contribution in [-0.4, -0.2) is 23.1 Å². The fourth-order valence-electron chi connectivity index (χ4n) is 2.88. The van der Waals surface area contributed by atoms with Crippen LogP contribution < -0.4 is 5.32 Å². The van der Waals surface area contributed by atoms with Gasteiger partial charge < -0.3 is 10.1 Å². The first-order chi connectivity index (χ1) is 9.74. The Balaban J connectivity index is 2.32. The molecule has 0 atom stereocenters. The number of ether oxygens (including phenoxy) is 1. The quantitative estimate of drug-likeness (QED) is 0.826. The summed E-state index contributed by atoms with van der Waals surface area (Å²) >= 11 is 0. The summed E-state index contributed by atoms with van der Waals surface area (Å²) in [6.45, 7) is 8.02. The van der Waals surface area contributed by atoms with Gasteiger partial charge in [0, 0.05) is 24.9 Å². The molecule has 1 fully saturated rings. The molecule has 0 saturated heterocycles. The van der Waals surface area contributed by atoms with E-state index in [1.165, 1.54) is 12.8 Å². The van der Waals surface area contributed by atoms with E-state index in [1.807, 2.05) is 0 Å². The van der Waals surface area contributed by atoms with Crippen LogP contribution in [0.15, 0.2) is 6.07 Å². The maximum Gasteiger partial charge on any atom is 0.162 e. The highest BCUT2D eigenvalue weighted by molar-refractivity contribution is 5.37. The van der Waals surface area contributed by atoms with Crippen LogP contribution in [0.4, 0.5) is 5.82 Å². The third kappa shape index (κ3) is 3.29. The van der Waals surface area contributed by atoms with Crippen molar-refractivity contribution in [2.45, 2.75) is 64.9 Å². The molecule has 1 saturated carbocycles. The second-order valence-electron chi connectivity index (χ2n) is 5.48. The zero-order valence-corrected chi connectivity index (χ0v) is 13.0. The summed E-state index contributed by atoms with van der Waals surface area (Å²) in [4.78, 5) is 9.50. The van der Waals surface area contributed by atoms with Crippen molar-refractivity contribution in [3.05, 3.63) is 17.6 Å². The first-order valence-electron chi connectivity index (χ1n) is 8.00. The second-order valence-corrected chi connectivity index (χ2v) is 5.48. The van der Waals surface area contributed by atoms with Crippen LogP contribution in [0.1, 0.15) is 64.4 Å². The first-order valence-corrected chi connectivity index (χ1v) is 8.00. The summed E-state index contributed by atoms with van der Waals surface area (Å²) < 4.78 is 6.08. The average Bonchev–Trinajstić information content (AvgIpc) is 2.95. The van der Waals surface area contributed by atoms with Crippen LogP contribution in [-0.2, 0) is 16.8 Å². The number of anilines is 1. The van der Waals surface area contributed by atoms with Gasteiger partial charge in [0.1, 0.15) is 11.4 Å². The Morgan fingerprint density at radius 2 is 1.95 bits per heavy atom. The summed E-state index contributed by atoms with van der Waals surface area (Å²) in [5.74, 6) is 1.83. The van der Waals surface area contributed by atoms with E-state index < -0.39 is 0 Å². The maximum absolute atomic E-state index is 6.08. The molecule has 1 heterocycles. The zero-order chi connectivity index (χ0) is 14.4. The Hall–Kier alpha value is -1.16. The monoisotopic (exact) mass is 277 g/mol. The van der Waals surface area contributed by atoms with Gasteiger partial charge in [-0.3, -0.25) is 0 Å². The van der Waals surface area contributed by atoms with E-state index in [0.717, 1.165) is 56.2 Å². The molecule has 0 radical (unpaired) electrons. The van der Waals surface area contributed by atoms with E-state index in [0.29, 0.717) is 0 Å². The normalized spacial score (nSPS) is 17.4. The molecule has 1 aromatic heterocycles. The topological polar surface area (TPSA) is 47.0 Å². The van der Waals surface area contributed by atoms with Crippen molar-refractivity contribution < 1.29 is 4.74 Å². The summed E-state index contributed by atoms with van der Waals surface area (Å²) in [5, 5.41) is 3.39. The van der Waals surface area contributed by atoms with Gasteiger partial charge >= 0.3 is 0 Å². The Morgan fingerprint density at radius 3 is 2.55 bits per heavy atom. The molecule has 4 heteroatoms. The number of aryl methyl sites for hydroxylation is 1. The Bertz CT molecular complexity index is 428. The smallest absolute Gasteiger partial charge is 0.162 e. The molecule has 4 nitrogen and oxygen atoms in total. The van der Waals surface area contributed by atoms with Gasteiger partial charge in [0.15, 0.2) is 5.82 Å². The SMILES string of the molecule is CCCNc1cc(CC)nc(C2(OCC)CCCC2)n1. The second kappa shape index (κ2) is 7.02. The molecule has 1 aliphatic rings. The predicted octanol–water partition coefficient (Wildman–Crippen LogP) is 3.67. The van der Waals surface area contributed by atoms with Crippen LogP contribution in [0, 0.1) is 0 Å². The lowest BCUT2D eigenvalue weighted by Gasteiger charge is -2.28. The molecule has 0 aliphatic heterocycles. The highest BCUT2D eigenvalue weighted by Gasteiger charge is 2.39. The van der Waals surface area contributed by atoms with Gasteiger partial charge in [-0.15, -0.1) is 0 Å². The van der Waals surface area contributed by atoms with Gasteiger partial charge in [0.25, 0.3) is 0 Å². The molecule has 20 heavy (non-hydrogen) atoms. The van der Waals surface area contributed by atoms with Crippen LogP contribution >= 0.6 is 0 Å². The van der Waals surface area contributed by atoms with Crippen molar-refractivity contribution in [2.75, 3.05) is 18.5 Å². The number of rotatable bonds is 7. The van der Waals surface area contributed by atoms with E-state index >= 15 is 0 Å². The van der Waals surface area contributed by atoms with Crippen molar-refractivity contribution in [1.29, 1.82) is 0 Å². The van der Waals surface area contributed by atoms with E-state index in [2.05, 4.69) is 32.2 Å². The van der Waals surface area contributed by atoms with Crippen LogP contribution in [0.25, 0.3) is 0 Å². The lowest BCUT2D eigenvalue weighted by atomic mass is 10.0. The van der Waals surface area contributed by atoms with E-state index in [4.69, 9.17) is 14.7 Å². The molecular formula is C16H27N3O. The number of hydrogen-bond donors (Lipinski definition) is 1. The molecule has 1 aliphatic carbocycles.